The first-order valence-electron chi connectivity index (χ1n) is 7.18. The number of aliphatic hydroxyl groups excluding tert-OH is 1. The van der Waals surface area contributed by atoms with Gasteiger partial charge in [-0.05, 0) is 26.2 Å². The third-order valence-corrected chi connectivity index (χ3v) is 3.78. The number of nitrogens with one attached hydrogen (secondary N) is 2. The number of aromatic nitrogens is 3. The van der Waals surface area contributed by atoms with Crippen LogP contribution in [0.5, 0.6) is 0 Å². The summed E-state index contributed by atoms with van der Waals surface area (Å²) in [6, 6.07) is 0. The molecule has 1 fully saturated rings. The van der Waals surface area contributed by atoms with Gasteiger partial charge in [-0.15, -0.1) is 0 Å². The molecule has 0 amide bonds. The maximum Gasteiger partial charge on any atom is 0.231 e. The van der Waals surface area contributed by atoms with E-state index in [2.05, 4.69) is 30.5 Å². The summed E-state index contributed by atoms with van der Waals surface area (Å²) in [5, 5.41) is 15.7. The smallest absolute Gasteiger partial charge is 0.231 e. The van der Waals surface area contributed by atoms with E-state index in [4.69, 9.17) is 0 Å². The van der Waals surface area contributed by atoms with Crippen LogP contribution in [0.25, 0.3) is 0 Å². The van der Waals surface area contributed by atoms with Gasteiger partial charge in [0, 0.05) is 20.1 Å². The maximum absolute atomic E-state index is 9.49. The van der Waals surface area contributed by atoms with Gasteiger partial charge < -0.3 is 20.6 Å². The van der Waals surface area contributed by atoms with Gasteiger partial charge >= 0.3 is 0 Å². The summed E-state index contributed by atoms with van der Waals surface area (Å²) in [5.74, 6) is 1.74. The molecule has 1 aliphatic rings. The topological polar surface area (TPSA) is 86.2 Å². The summed E-state index contributed by atoms with van der Waals surface area (Å²) in [7, 11) is 1.79. The minimum atomic E-state index is -0.422. The van der Waals surface area contributed by atoms with E-state index < -0.39 is 5.54 Å². The SMILES string of the molecule is CCC(C)(CO)Nc1nc(NC)nc(N2CCCC2)n1. The molecule has 0 aliphatic carbocycles. The van der Waals surface area contributed by atoms with Crippen molar-refractivity contribution in [1.82, 2.24) is 15.0 Å². The molecule has 7 heteroatoms. The first kappa shape index (κ1) is 14.8. The predicted octanol–water partition coefficient (Wildman–Crippen LogP) is 1.09. The number of rotatable bonds is 6. The lowest BCUT2D eigenvalue weighted by Gasteiger charge is -2.27. The average Bonchev–Trinajstić information content (AvgIpc) is 3.01. The van der Waals surface area contributed by atoms with Crippen LogP contribution in [0, 0.1) is 0 Å². The van der Waals surface area contributed by atoms with E-state index in [0.29, 0.717) is 17.8 Å². The van der Waals surface area contributed by atoms with Crippen LogP contribution < -0.4 is 15.5 Å². The second kappa shape index (κ2) is 6.21. The molecule has 20 heavy (non-hydrogen) atoms. The Labute approximate surface area is 119 Å². The highest BCUT2D eigenvalue weighted by atomic mass is 16.3. The molecule has 1 aromatic heterocycles. The second-order valence-corrected chi connectivity index (χ2v) is 5.42. The molecule has 0 bridgehead atoms. The fourth-order valence-electron chi connectivity index (χ4n) is 2.10. The molecule has 7 nitrogen and oxygen atoms in total. The van der Waals surface area contributed by atoms with E-state index in [9.17, 15) is 5.11 Å². The highest BCUT2D eigenvalue weighted by molar-refractivity contribution is 5.45. The molecule has 1 aliphatic heterocycles. The molecule has 3 N–H and O–H groups in total. The van der Waals surface area contributed by atoms with Gasteiger partial charge in [-0.1, -0.05) is 6.92 Å². The van der Waals surface area contributed by atoms with Crippen LogP contribution in [0.2, 0.25) is 0 Å². The highest BCUT2D eigenvalue weighted by Gasteiger charge is 2.23. The van der Waals surface area contributed by atoms with Gasteiger partial charge in [-0.25, -0.2) is 0 Å². The predicted molar refractivity (Wildman–Crippen MR) is 80.2 cm³/mol. The molecule has 0 saturated carbocycles. The molecule has 1 atom stereocenters. The number of nitrogens with zero attached hydrogens (tertiary/aromatic N) is 4. The Morgan fingerprint density at radius 2 is 1.85 bits per heavy atom. The van der Waals surface area contributed by atoms with Crippen molar-refractivity contribution in [2.24, 2.45) is 0 Å². The zero-order valence-electron chi connectivity index (χ0n) is 12.5. The molecule has 112 valence electrons. The van der Waals surface area contributed by atoms with Gasteiger partial charge in [0.15, 0.2) is 0 Å². The average molecular weight is 280 g/mol. The minimum absolute atomic E-state index is 0.0309. The summed E-state index contributed by atoms with van der Waals surface area (Å²) in [6.45, 7) is 5.97. The first-order chi connectivity index (χ1) is 9.60. The van der Waals surface area contributed by atoms with Crippen LogP contribution in [-0.2, 0) is 0 Å². The van der Waals surface area contributed by atoms with Gasteiger partial charge in [-0.3, -0.25) is 0 Å². The van der Waals surface area contributed by atoms with Crippen LogP contribution >= 0.6 is 0 Å². The molecule has 0 aromatic carbocycles. The monoisotopic (exact) mass is 280 g/mol. The van der Waals surface area contributed by atoms with Crippen molar-refractivity contribution in [1.29, 1.82) is 0 Å². The van der Waals surface area contributed by atoms with E-state index >= 15 is 0 Å². The Morgan fingerprint density at radius 3 is 2.40 bits per heavy atom. The number of aliphatic hydroxyl groups is 1. The summed E-state index contributed by atoms with van der Waals surface area (Å²) >= 11 is 0. The highest BCUT2D eigenvalue weighted by Crippen LogP contribution is 2.21. The Balaban J connectivity index is 2.25. The van der Waals surface area contributed by atoms with Crippen molar-refractivity contribution in [3.8, 4) is 0 Å². The van der Waals surface area contributed by atoms with Crippen molar-refractivity contribution in [2.45, 2.75) is 38.6 Å². The molecular weight excluding hydrogens is 256 g/mol. The van der Waals surface area contributed by atoms with Crippen LogP contribution in [0.3, 0.4) is 0 Å². The first-order valence-corrected chi connectivity index (χ1v) is 7.18. The lowest BCUT2D eigenvalue weighted by molar-refractivity contribution is 0.218. The summed E-state index contributed by atoms with van der Waals surface area (Å²) < 4.78 is 0. The van der Waals surface area contributed by atoms with Crippen molar-refractivity contribution in [3.05, 3.63) is 0 Å². The van der Waals surface area contributed by atoms with E-state index in [1.54, 1.807) is 7.05 Å². The molecule has 1 unspecified atom stereocenters. The van der Waals surface area contributed by atoms with Crippen LogP contribution in [0.1, 0.15) is 33.1 Å². The van der Waals surface area contributed by atoms with Gasteiger partial charge in [0.1, 0.15) is 0 Å². The van der Waals surface area contributed by atoms with Crippen LogP contribution in [0.4, 0.5) is 17.8 Å². The Hall–Kier alpha value is -1.63. The van der Waals surface area contributed by atoms with Crippen LogP contribution in [-0.4, -0.2) is 52.3 Å². The van der Waals surface area contributed by atoms with Crippen molar-refractivity contribution in [2.75, 3.05) is 42.3 Å². The second-order valence-electron chi connectivity index (χ2n) is 5.42. The van der Waals surface area contributed by atoms with Gasteiger partial charge in [0.2, 0.25) is 17.8 Å². The molecule has 0 spiro atoms. The van der Waals surface area contributed by atoms with E-state index in [0.717, 1.165) is 19.5 Å². The van der Waals surface area contributed by atoms with Crippen molar-refractivity contribution >= 4 is 17.8 Å². The van der Waals surface area contributed by atoms with Crippen LogP contribution in [0.15, 0.2) is 0 Å². The third-order valence-electron chi connectivity index (χ3n) is 3.78. The summed E-state index contributed by atoms with van der Waals surface area (Å²) in [5.41, 5.74) is -0.422. The Bertz CT molecular complexity index is 442. The van der Waals surface area contributed by atoms with Crippen molar-refractivity contribution in [3.63, 3.8) is 0 Å². The fraction of sp³-hybridized carbons (Fsp3) is 0.769. The lowest BCUT2D eigenvalue weighted by atomic mass is 10.0. The quantitative estimate of drug-likeness (QED) is 0.719. The zero-order chi connectivity index (χ0) is 14.6. The van der Waals surface area contributed by atoms with Gasteiger partial charge in [-0.2, -0.15) is 15.0 Å². The molecule has 2 heterocycles. The lowest BCUT2D eigenvalue weighted by Crippen LogP contribution is -2.39. The number of anilines is 3. The van der Waals surface area contributed by atoms with Crippen molar-refractivity contribution < 1.29 is 5.11 Å². The van der Waals surface area contributed by atoms with E-state index in [1.807, 2.05) is 13.8 Å². The number of hydrogen-bond donors (Lipinski definition) is 3. The molecular formula is C13H24N6O. The zero-order valence-corrected chi connectivity index (χ0v) is 12.5. The normalized spacial score (nSPS) is 17.9. The van der Waals surface area contributed by atoms with E-state index in [-0.39, 0.29) is 6.61 Å². The Kier molecular flexibility index (Phi) is 4.59. The van der Waals surface area contributed by atoms with Gasteiger partial charge in [0.05, 0.1) is 12.1 Å². The molecule has 0 radical (unpaired) electrons. The Morgan fingerprint density at radius 1 is 1.20 bits per heavy atom. The molecule has 1 aromatic rings. The van der Waals surface area contributed by atoms with Gasteiger partial charge in [0.25, 0.3) is 0 Å². The molecule has 1 saturated heterocycles. The third kappa shape index (κ3) is 3.27. The standard InChI is InChI=1S/C13H24N6O/c1-4-13(2,9-20)18-11-15-10(14-3)16-12(17-11)19-7-5-6-8-19/h20H,4-9H2,1-3H3,(H2,14,15,16,17,18). The minimum Gasteiger partial charge on any atom is -0.394 e. The summed E-state index contributed by atoms with van der Waals surface area (Å²) in [6.07, 6.45) is 3.13. The maximum atomic E-state index is 9.49. The summed E-state index contributed by atoms with van der Waals surface area (Å²) in [4.78, 5) is 15.4. The largest absolute Gasteiger partial charge is 0.394 e. The molecule has 2 rings (SSSR count). The fourth-order valence-corrected chi connectivity index (χ4v) is 2.10. The van der Waals surface area contributed by atoms with E-state index in [1.165, 1.54) is 12.8 Å². The number of hydrogen-bond acceptors (Lipinski definition) is 7.